The SMILES string of the molecule is CCCCCCCOc1ccc(CCCCC(=O)O)c(CCCCC(=O)O)c1. The maximum atomic E-state index is 10.7. The second kappa shape index (κ2) is 14.9. The maximum absolute atomic E-state index is 10.7. The fraction of sp³-hybridized carbons (Fsp3) is 0.652. The van der Waals surface area contributed by atoms with Crippen molar-refractivity contribution in [1.82, 2.24) is 0 Å². The standard InChI is InChI=1S/C23H36O5/c1-2-3-4-5-10-17-28-21-16-15-19(11-6-8-13-22(24)25)20(18-21)12-7-9-14-23(26)27/h15-16,18H,2-14,17H2,1H3,(H,24,25)(H,26,27). The summed E-state index contributed by atoms with van der Waals surface area (Å²) < 4.78 is 5.91. The molecule has 1 rings (SSSR count). The summed E-state index contributed by atoms with van der Waals surface area (Å²) in [6.07, 6.45) is 11.1. The zero-order valence-electron chi connectivity index (χ0n) is 17.3. The van der Waals surface area contributed by atoms with Gasteiger partial charge in [-0.3, -0.25) is 9.59 Å². The van der Waals surface area contributed by atoms with Gasteiger partial charge >= 0.3 is 11.9 Å². The van der Waals surface area contributed by atoms with Crippen LogP contribution in [0.4, 0.5) is 0 Å². The smallest absolute Gasteiger partial charge is 0.303 e. The molecule has 0 saturated carbocycles. The molecule has 0 unspecified atom stereocenters. The van der Waals surface area contributed by atoms with Crippen LogP contribution in [0.5, 0.6) is 5.75 Å². The summed E-state index contributed by atoms with van der Waals surface area (Å²) in [6, 6.07) is 6.17. The lowest BCUT2D eigenvalue weighted by Crippen LogP contribution is -2.02. The van der Waals surface area contributed by atoms with Crippen LogP contribution >= 0.6 is 0 Å². The van der Waals surface area contributed by atoms with Crippen LogP contribution < -0.4 is 4.74 Å². The van der Waals surface area contributed by atoms with Gasteiger partial charge in [-0.1, -0.05) is 38.7 Å². The number of hydrogen-bond donors (Lipinski definition) is 2. The Labute approximate surface area is 169 Å². The average Bonchev–Trinajstić information content (AvgIpc) is 2.66. The molecule has 28 heavy (non-hydrogen) atoms. The molecular formula is C23H36O5. The molecule has 0 bridgehead atoms. The van der Waals surface area contributed by atoms with E-state index in [4.69, 9.17) is 14.9 Å². The molecule has 2 N–H and O–H groups in total. The van der Waals surface area contributed by atoms with Gasteiger partial charge in [0.15, 0.2) is 0 Å². The van der Waals surface area contributed by atoms with E-state index < -0.39 is 11.9 Å². The van der Waals surface area contributed by atoms with Crippen molar-refractivity contribution in [2.45, 2.75) is 90.4 Å². The number of aliphatic carboxylic acids is 2. The Balaban J connectivity index is 2.56. The van der Waals surface area contributed by atoms with E-state index in [2.05, 4.69) is 19.1 Å². The predicted molar refractivity (Wildman–Crippen MR) is 111 cm³/mol. The summed E-state index contributed by atoms with van der Waals surface area (Å²) in [5, 5.41) is 17.6. The highest BCUT2D eigenvalue weighted by atomic mass is 16.5. The topological polar surface area (TPSA) is 83.8 Å². The first-order chi connectivity index (χ1) is 13.5. The first-order valence-electron chi connectivity index (χ1n) is 10.7. The number of ether oxygens (including phenoxy) is 1. The fourth-order valence-electron chi connectivity index (χ4n) is 3.25. The number of aryl methyl sites for hydroxylation is 2. The van der Waals surface area contributed by atoms with E-state index in [1.807, 2.05) is 6.07 Å². The van der Waals surface area contributed by atoms with Gasteiger partial charge < -0.3 is 14.9 Å². The molecular weight excluding hydrogens is 356 g/mol. The molecule has 0 fully saturated rings. The Hall–Kier alpha value is -2.04. The first-order valence-corrected chi connectivity index (χ1v) is 10.7. The van der Waals surface area contributed by atoms with E-state index in [0.29, 0.717) is 12.8 Å². The van der Waals surface area contributed by atoms with Crippen molar-refractivity contribution in [3.05, 3.63) is 29.3 Å². The van der Waals surface area contributed by atoms with Gasteiger partial charge in [-0.2, -0.15) is 0 Å². The monoisotopic (exact) mass is 392 g/mol. The Bertz CT molecular complexity index is 582. The van der Waals surface area contributed by atoms with Crippen LogP contribution in [0.25, 0.3) is 0 Å². The van der Waals surface area contributed by atoms with E-state index >= 15 is 0 Å². The van der Waals surface area contributed by atoms with Gasteiger partial charge in [-0.15, -0.1) is 0 Å². The Morgan fingerprint density at radius 1 is 0.786 bits per heavy atom. The number of rotatable bonds is 17. The second-order valence-electron chi connectivity index (χ2n) is 7.39. The van der Waals surface area contributed by atoms with Crippen LogP contribution in [0.3, 0.4) is 0 Å². The minimum atomic E-state index is -0.756. The highest BCUT2D eigenvalue weighted by molar-refractivity contribution is 5.66. The highest BCUT2D eigenvalue weighted by Gasteiger charge is 2.07. The molecule has 1 aromatic rings. The van der Waals surface area contributed by atoms with Crippen molar-refractivity contribution in [3.8, 4) is 5.75 Å². The molecule has 158 valence electrons. The van der Waals surface area contributed by atoms with Crippen LogP contribution in [0.1, 0.15) is 88.7 Å². The molecule has 0 radical (unpaired) electrons. The summed E-state index contributed by atoms with van der Waals surface area (Å²) in [4.78, 5) is 21.4. The molecule has 5 heteroatoms. The van der Waals surface area contributed by atoms with Gasteiger partial charge in [0, 0.05) is 12.8 Å². The quantitative estimate of drug-likeness (QED) is 0.336. The number of benzene rings is 1. The van der Waals surface area contributed by atoms with Crippen LogP contribution in [0.2, 0.25) is 0 Å². The molecule has 0 aromatic heterocycles. The van der Waals surface area contributed by atoms with Crippen LogP contribution in [-0.4, -0.2) is 28.8 Å². The van der Waals surface area contributed by atoms with E-state index in [1.165, 1.54) is 36.8 Å². The minimum Gasteiger partial charge on any atom is -0.494 e. The lowest BCUT2D eigenvalue weighted by molar-refractivity contribution is -0.138. The zero-order chi connectivity index (χ0) is 20.6. The molecule has 5 nitrogen and oxygen atoms in total. The molecule has 0 saturated heterocycles. The van der Waals surface area contributed by atoms with E-state index in [-0.39, 0.29) is 12.8 Å². The van der Waals surface area contributed by atoms with Crippen molar-refractivity contribution >= 4 is 11.9 Å². The second-order valence-corrected chi connectivity index (χ2v) is 7.39. The molecule has 0 amide bonds. The predicted octanol–water partition coefficient (Wildman–Crippen LogP) is 5.63. The third-order valence-corrected chi connectivity index (χ3v) is 4.87. The van der Waals surface area contributed by atoms with Gasteiger partial charge in [0.2, 0.25) is 0 Å². The lowest BCUT2D eigenvalue weighted by Gasteiger charge is -2.13. The molecule has 0 aliphatic heterocycles. The summed E-state index contributed by atoms with van der Waals surface area (Å²) >= 11 is 0. The molecule has 0 atom stereocenters. The zero-order valence-corrected chi connectivity index (χ0v) is 17.3. The summed E-state index contributed by atoms with van der Waals surface area (Å²) in [5.74, 6) is -0.636. The van der Waals surface area contributed by atoms with Crippen molar-refractivity contribution in [2.75, 3.05) is 6.61 Å². The normalized spacial score (nSPS) is 10.8. The third-order valence-electron chi connectivity index (χ3n) is 4.87. The number of unbranched alkanes of at least 4 members (excludes halogenated alkanes) is 6. The lowest BCUT2D eigenvalue weighted by atomic mass is 9.96. The summed E-state index contributed by atoms with van der Waals surface area (Å²) in [6.45, 7) is 2.93. The van der Waals surface area contributed by atoms with Crippen molar-refractivity contribution in [1.29, 1.82) is 0 Å². The van der Waals surface area contributed by atoms with E-state index in [0.717, 1.165) is 44.5 Å². The summed E-state index contributed by atoms with van der Waals surface area (Å²) in [7, 11) is 0. The van der Waals surface area contributed by atoms with Crippen molar-refractivity contribution in [3.63, 3.8) is 0 Å². The number of hydrogen-bond acceptors (Lipinski definition) is 3. The van der Waals surface area contributed by atoms with Gasteiger partial charge in [-0.05, 0) is 68.2 Å². The van der Waals surface area contributed by atoms with Gasteiger partial charge in [0.25, 0.3) is 0 Å². The third kappa shape index (κ3) is 11.6. The molecule has 0 spiro atoms. The maximum Gasteiger partial charge on any atom is 0.303 e. The van der Waals surface area contributed by atoms with Gasteiger partial charge in [0.1, 0.15) is 5.75 Å². The van der Waals surface area contributed by atoms with E-state index in [1.54, 1.807) is 0 Å². The minimum absolute atomic E-state index is 0.196. The summed E-state index contributed by atoms with van der Waals surface area (Å²) in [5.41, 5.74) is 2.42. The van der Waals surface area contributed by atoms with Crippen LogP contribution in [0, 0.1) is 0 Å². The van der Waals surface area contributed by atoms with E-state index in [9.17, 15) is 9.59 Å². The molecule has 1 aromatic carbocycles. The van der Waals surface area contributed by atoms with Crippen LogP contribution in [0.15, 0.2) is 18.2 Å². The van der Waals surface area contributed by atoms with Crippen molar-refractivity contribution in [2.24, 2.45) is 0 Å². The van der Waals surface area contributed by atoms with Crippen molar-refractivity contribution < 1.29 is 24.5 Å². The molecule has 0 aliphatic carbocycles. The van der Waals surface area contributed by atoms with Gasteiger partial charge in [-0.25, -0.2) is 0 Å². The number of carbonyl (C=O) groups is 2. The number of carboxylic acid groups (broad SMARTS) is 2. The number of carboxylic acids is 2. The highest BCUT2D eigenvalue weighted by Crippen LogP contribution is 2.22. The van der Waals surface area contributed by atoms with Gasteiger partial charge in [0.05, 0.1) is 6.61 Å². The molecule has 0 aliphatic rings. The molecule has 0 heterocycles. The van der Waals surface area contributed by atoms with Crippen LogP contribution in [-0.2, 0) is 22.4 Å². The Kier molecular flexibility index (Phi) is 12.8. The Morgan fingerprint density at radius 2 is 1.39 bits per heavy atom. The fourth-order valence-corrected chi connectivity index (χ4v) is 3.25. The largest absolute Gasteiger partial charge is 0.494 e. The first kappa shape index (κ1) is 24.0. The average molecular weight is 393 g/mol. The Morgan fingerprint density at radius 3 is 2.00 bits per heavy atom.